The number of amides is 4. The zero-order valence-corrected chi connectivity index (χ0v) is 14.4. The van der Waals surface area contributed by atoms with Gasteiger partial charge in [0.25, 0.3) is 11.8 Å². The van der Waals surface area contributed by atoms with Gasteiger partial charge in [0.15, 0.2) is 0 Å². The second-order valence-corrected chi connectivity index (χ2v) is 6.43. The van der Waals surface area contributed by atoms with Crippen molar-refractivity contribution in [1.29, 1.82) is 0 Å². The molecule has 3 rings (SSSR count). The molecule has 0 spiro atoms. The van der Waals surface area contributed by atoms with E-state index in [9.17, 15) is 18.8 Å². The molecule has 0 fully saturated rings. The van der Waals surface area contributed by atoms with Gasteiger partial charge < -0.3 is 10.6 Å². The average molecular weight is 355 g/mol. The average Bonchev–Trinajstić information content (AvgIpc) is 2.81. The number of carbonyl (C=O) groups excluding carboxylic acids is 3. The smallest absolute Gasteiger partial charge is 0.308 e. The third kappa shape index (κ3) is 3.42. The van der Waals surface area contributed by atoms with Crippen LogP contribution in [0.2, 0.25) is 0 Å². The molecule has 7 heteroatoms. The number of halogens is 1. The minimum atomic E-state index is -0.647. The van der Waals surface area contributed by atoms with E-state index in [0.29, 0.717) is 17.8 Å². The fourth-order valence-corrected chi connectivity index (χ4v) is 2.75. The summed E-state index contributed by atoms with van der Waals surface area (Å²) < 4.78 is 13.6. The Balaban J connectivity index is 1.75. The third-order valence-electron chi connectivity index (χ3n) is 3.90. The Labute approximate surface area is 150 Å². The van der Waals surface area contributed by atoms with Crippen LogP contribution in [0.1, 0.15) is 34.6 Å². The summed E-state index contributed by atoms with van der Waals surface area (Å²) in [6.45, 7) is 4.18. The van der Waals surface area contributed by atoms with Gasteiger partial charge >= 0.3 is 6.03 Å². The SMILES string of the molecule is CC(C)CN1C(=O)c2ccc(NC(=O)Nc3ccccc3F)cc2C1=O. The van der Waals surface area contributed by atoms with Crippen molar-refractivity contribution in [3.63, 3.8) is 0 Å². The Morgan fingerprint density at radius 3 is 2.42 bits per heavy atom. The number of para-hydroxylation sites is 1. The van der Waals surface area contributed by atoms with Gasteiger partial charge in [-0.05, 0) is 36.2 Å². The molecule has 0 aromatic heterocycles. The van der Waals surface area contributed by atoms with Crippen molar-refractivity contribution < 1.29 is 18.8 Å². The van der Waals surface area contributed by atoms with Gasteiger partial charge in [0.2, 0.25) is 0 Å². The van der Waals surface area contributed by atoms with Crippen LogP contribution in [0.5, 0.6) is 0 Å². The van der Waals surface area contributed by atoms with Crippen LogP contribution >= 0.6 is 0 Å². The summed E-state index contributed by atoms with van der Waals surface area (Å²) in [5.74, 6) is -1.11. The van der Waals surface area contributed by atoms with Gasteiger partial charge in [-0.15, -0.1) is 0 Å². The maximum atomic E-state index is 13.6. The predicted octanol–water partition coefficient (Wildman–Crippen LogP) is 3.72. The minimum absolute atomic E-state index is 0.0422. The molecule has 1 aliphatic heterocycles. The standard InChI is InChI=1S/C19H18FN3O3/c1-11(2)10-23-17(24)13-8-7-12(9-14(13)18(23)25)21-19(26)22-16-6-4-3-5-15(16)20/h3-9,11H,10H2,1-2H3,(H2,21,22,26). The van der Waals surface area contributed by atoms with E-state index < -0.39 is 11.8 Å². The van der Waals surface area contributed by atoms with Gasteiger partial charge in [-0.25, -0.2) is 9.18 Å². The summed E-state index contributed by atoms with van der Waals surface area (Å²) in [6, 6.07) is 9.63. The molecular weight excluding hydrogens is 337 g/mol. The lowest BCUT2D eigenvalue weighted by atomic mass is 10.1. The zero-order valence-electron chi connectivity index (χ0n) is 14.4. The number of hydrogen-bond acceptors (Lipinski definition) is 3. The van der Waals surface area contributed by atoms with E-state index in [1.54, 1.807) is 6.07 Å². The number of nitrogens with one attached hydrogen (secondary N) is 2. The Morgan fingerprint density at radius 2 is 1.73 bits per heavy atom. The highest BCUT2D eigenvalue weighted by molar-refractivity contribution is 6.22. The van der Waals surface area contributed by atoms with Gasteiger partial charge in [0, 0.05) is 12.2 Å². The Morgan fingerprint density at radius 1 is 1.04 bits per heavy atom. The predicted molar refractivity (Wildman–Crippen MR) is 95.7 cm³/mol. The van der Waals surface area contributed by atoms with Crippen LogP contribution in [0, 0.1) is 11.7 Å². The molecule has 0 saturated heterocycles. The minimum Gasteiger partial charge on any atom is -0.308 e. The number of hydrogen-bond donors (Lipinski definition) is 2. The molecule has 134 valence electrons. The Bertz CT molecular complexity index is 895. The number of nitrogens with zero attached hydrogens (tertiary/aromatic N) is 1. The highest BCUT2D eigenvalue weighted by Gasteiger charge is 2.35. The molecule has 2 aromatic rings. The number of fused-ring (bicyclic) bond motifs is 1. The summed E-state index contributed by atoms with van der Waals surface area (Å²) >= 11 is 0. The largest absolute Gasteiger partial charge is 0.323 e. The number of urea groups is 1. The van der Waals surface area contributed by atoms with Gasteiger partial charge in [-0.2, -0.15) is 0 Å². The monoisotopic (exact) mass is 355 g/mol. The lowest BCUT2D eigenvalue weighted by molar-refractivity contribution is 0.0636. The molecule has 0 unspecified atom stereocenters. The highest BCUT2D eigenvalue weighted by Crippen LogP contribution is 2.26. The number of carbonyl (C=O) groups is 3. The number of anilines is 2. The summed E-state index contributed by atoms with van der Waals surface area (Å²) in [7, 11) is 0. The first-order valence-corrected chi connectivity index (χ1v) is 8.19. The first kappa shape index (κ1) is 17.6. The molecule has 4 amide bonds. The molecule has 0 saturated carbocycles. The van der Waals surface area contributed by atoms with Crippen LogP contribution in [-0.4, -0.2) is 29.3 Å². The molecule has 0 bridgehead atoms. The van der Waals surface area contributed by atoms with Crippen molar-refractivity contribution in [2.45, 2.75) is 13.8 Å². The van der Waals surface area contributed by atoms with Crippen LogP contribution in [0.15, 0.2) is 42.5 Å². The third-order valence-corrected chi connectivity index (χ3v) is 3.90. The fourth-order valence-electron chi connectivity index (χ4n) is 2.75. The molecule has 6 nitrogen and oxygen atoms in total. The maximum absolute atomic E-state index is 13.6. The fraction of sp³-hybridized carbons (Fsp3) is 0.211. The lowest BCUT2D eigenvalue weighted by Gasteiger charge is -2.15. The van der Waals surface area contributed by atoms with Gasteiger partial charge in [-0.3, -0.25) is 14.5 Å². The number of rotatable bonds is 4. The van der Waals surface area contributed by atoms with Crippen LogP contribution < -0.4 is 10.6 Å². The van der Waals surface area contributed by atoms with Crippen molar-refractivity contribution in [1.82, 2.24) is 4.90 Å². The van der Waals surface area contributed by atoms with E-state index in [-0.39, 0.29) is 29.0 Å². The molecule has 0 radical (unpaired) electrons. The molecule has 0 atom stereocenters. The zero-order chi connectivity index (χ0) is 18.8. The second-order valence-electron chi connectivity index (χ2n) is 6.43. The van der Waals surface area contributed by atoms with E-state index in [4.69, 9.17) is 0 Å². The summed E-state index contributed by atoms with van der Waals surface area (Å²) in [4.78, 5) is 38.0. The van der Waals surface area contributed by atoms with Crippen LogP contribution in [-0.2, 0) is 0 Å². The normalized spacial score (nSPS) is 13.2. The van der Waals surface area contributed by atoms with E-state index in [1.807, 2.05) is 13.8 Å². The van der Waals surface area contributed by atoms with Crippen molar-refractivity contribution in [2.24, 2.45) is 5.92 Å². The van der Waals surface area contributed by atoms with Crippen molar-refractivity contribution in [3.05, 3.63) is 59.4 Å². The number of imide groups is 1. The van der Waals surface area contributed by atoms with Crippen molar-refractivity contribution in [2.75, 3.05) is 17.2 Å². The topological polar surface area (TPSA) is 78.5 Å². The van der Waals surface area contributed by atoms with Crippen LogP contribution in [0.4, 0.5) is 20.6 Å². The van der Waals surface area contributed by atoms with E-state index in [1.165, 1.54) is 41.3 Å². The molecular formula is C19H18FN3O3. The van der Waals surface area contributed by atoms with E-state index in [2.05, 4.69) is 10.6 Å². The molecule has 1 heterocycles. The first-order chi connectivity index (χ1) is 12.4. The van der Waals surface area contributed by atoms with E-state index >= 15 is 0 Å². The lowest BCUT2D eigenvalue weighted by Crippen LogP contribution is -2.33. The van der Waals surface area contributed by atoms with Gasteiger partial charge in [0.05, 0.1) is 16.8 Å². The first-order valence-electron chi connectivity index (χ1n) is 8.19. The Hall–Kier alpha value is -3.22. The molecule has 2 aromatic carbocycles. The molecule has 1 aliphatic rings. The van der Waals surface area contributed by atoms with E-state index in [0.717, 1.165) is 0 Å². The van der Waals surface area contributed by atoms with Crippen LogP contribution in [0.25, 0.3) is 0 Å². The highest BCUT2D eigenvalue weighted by atomic mass is 19.1. The van der Waals surface area contributed by atoms with Crippen LogP contribution in [0.3, 0.4) is 0 Å². The Kier molecular flexibility index (Phi) is 4.71. The van der Waals surface area contributed by atoms with Crippen molar-refractivity contribution >= 4 is 29.2 Å². The summed E-state index contributed by atoms with van der Waals surface area (Å²) in [5, 5.41) is 4.93. The summed E-state index contributed by atoms with van der Waals surface area (Å²) in [5.41, 5.74) is 0.945. The molecule has 2 N–H and O–H groups in total. The van der Waals surface area contributed by atoms with Gasteiger partial charge in [0.1, 0.15) is 5.82 Å². The number of benzene rings is 2. The molecule has 26 heavy (non-hydrogen) atoms. The van der Waals surface area contributed by atoms with Crippen molar-refractivity contribution in [3.8, 4) is 0 Å². The maximum Gasteiger partial charge on any atom is 0.323 e. The quantitative estimate of drug-likeness (QED) is 0.821. The summed E-state index contributed by atoms with van der Waals surface area (Å²) in [6.07, 6.45) is 0. The second kappa shape index (κ2) is 6.95. The van der Waals surface area contributed by atoms with Gasteiger partial charge in [-0.1, -0.05) is 26.0 Å². The molecule has 0 aliphatic carbocycles.